The smallest absolute Gasteiger partial charge is 0.306 e. The summed E-state index contributed by atoms with van der Waals surface area (Å²) in [5, 5.41) is 9.49. The molecule has 0 saturated carbocycles. The summed E-state index contributed by atoms with van der Waals surface area (Å²) in [6.07, 6.45) is 20.3. The van der Waals surface area contributed by atoms with Gasteiger partial charge in [0.15, 0.2) is 0 Å². The molecular weight excluding hydrogens is 362 g/mol. The van der Waals surface area contributed by atoms with Gasteiger partial charge < -0.3 is 10.0 Å². The van der Waals surface area contributed by atoms with Crippen LogP contribution >= 0.6 is 0 Å². The van der Waals surface area contributed by atoms with Crippen molar-refractivity contribution in [2.75, 3.05) is 13.6 Å². The van der Waals surface area contributed by atoms with Crippen LogP contribution in [0.1, 0.15) is 129 Å². The van der Waals surface area contributed by atoms with E-state index in [2.05, 4.69) is 13.8 Å². The first kappa shape index (κ1) is 27.9. The fraction of sp³-hybridized carbons (Fsp3) is 0.920. The number of unbranched alkanes of at least 4 members (excludes halogenated alkanes) is 13. The Morgan fingerprint density at radius 3 is 1.62 bits per heavy atom. The summed E-state index contributed by atoms with van der Waals surface area (Å²) in [6, 6.07) is 0. The zero-order valence-electron chi connectivity index (χ0n) is 19.7. The van der Waals surface area contributed by atoms with Crippen molar-refractivity contribution in [3.63, 3.8) is 0 Å². The molecule has 0 aliphatic heterocycles. The Labute approximate surface area is 180 Å². The van der Waals surface area contributed by atoms with Gasteiger partial charge in [-0.1, -0.05) is 104 Å². The van der Waals surface area contributed by atoms with Crippen molar-refractivity contribution < 1.29 is 14.7 Å². The summed E-state index contributed by atoms with van der Waals surface area (Å²) >= 11 is 0. The zero-order chi connectivity index (χ0) is 21.7. The summed E-state index contributed by atoms with van der Waals surface area (Å²) < 4.78 is 0. The lowest BCUT2D eigenvalue weighted by Crippen LogP contribution is -2.30. The van der Waals surface area contributed by atoms with Crippen LogP contribution in [0.5, 0.6) is 0 Å². The van der Waals surface area contributed by atoms with Crippen molar-refractivity contribution in [1.82, 2.24) is 4.90 Å². The molecule has 0 heterocycles. The number of amides is 1. The minimum atomic E-state index is -0.707. The molecule has 0 aliphatic carbocycles. The average Bonchev–Trinajstić information content (AvgIpc) is 2.70. The first-order chi connectivity index (χ1) is 14.0. The highest BCUT2D eigenvalue weighted by molar-refractivity contribution is 5.76. The maximum atomic E-state index is 12.2. The molecule has 4 heteroatoms. The van der Waals surface area contributed by atoms with Crippen molar-refractivity contribution in [1.29, 1.82) is 0 Å². The topological polar surface area (TPSA) is 57.6 Å². The lowest BCUT2D eigenvalue weighted by atomic mass is 9.96. The molecule has 0 aromatic rings. The van der Waals surface area contributed by atoms with E-state index in [0.29, 0.717) is 19.4 Å². The third-order valence-corrected chi connectivity index (χ3v) is 5.99. The Hall–Kier alpha value is -1.06. The third kappa shape index (κ3) is 17.5. The number of carbonyl (C=O) groups excluding carboxylic acids is 1. The Morgan fingerprint density at radius 2 is 1.14 bits per heavy atom. The van der Waals surface area contributed by atoms with E-state index in [4.69, 9.17) is 0 Å². The molecule has 0 fully saturated rings. The molecule has 0 aliphatic rings. The highest BCUT2D eigenvalue weighted by Crippen LogP contribution is 2.17. The number of rotatable bonds is 21. The molecule has 0 radical (unpaired) electrons. The zero-order valence-corrected chi connectivity index (χ0v) is 19.7. The molecule has 0 saturated heterocycles. The van der Waals surface area contributed by atoms with Gasteiger partial charge in [-0.15, -0.1) is 0 Å². The van der Waals surface area contributed by atoms with Crippen LogP contribution in [0.2, 0.25) is 0 Å². The van der Waals surface area contributed by atoms with Crippen LogP contribution in [0.4, 0.5) is 0 Å². The Bertz CT molecular complexity index is 398. The van der Waals surface area contributed by atoms with Gasteiger partial charge in [-0.05, 0) is 19.3 Å². The summed E-state index contributed by atoms with van der Waals surface area (Å²) in [5.41, 5.74) is 0. The van der Waals surface area contributed by atoms with Gasteiger partial charge in [0.05, 0.1) is 5.92 Å². The van der Waals surface area contributed by atoms with E-state index in [-0.39, 0.29) is 11.8 Å². The highest BCUT2D eigenvalue weighted by atomic mass is 16.4. The van der Waals surface area contributed by atoms with Crippen molar-refractivity contribution >= 4 is 11.9 Å². The molecule has 1 amide bonds. The molecule has 1 N–H and O–H groups in total. The van der Waals surface area contributed by atoms with E-state index in [1.54, 1.807) is 4.90 Å². The van der Waals surface area contributed by atoms with Gasteiger partial charge in [0.1, 0.15) is 0 Å². The van der Waals surface area contributed by atoms with Gasteiger partial charge in [0.25, 0.3) is 0 Å². The summed E-state index contributed by atoms with van der Waals surface area (Å²) in [4.78, 5) is 25.5. The van der Waals surface area contributed by atoms with Crippen LogP contribution in [0.15, 0.2) is 0 Å². The van der Waals surface area contributed by atoms with Gasteiger partial charge in [-0.2, -0.15) is 0 Å². The number of carbonyl (C=O) groups is 2. The molecule has 0 bridgehead atoms. The largest absolute Gasteiger partial charge is 0.481 e. The van der Waals surface area contributed by atoms with Crippen LogP contribution < -0.4 is 0 Å². The van der Waals surface area contributed by atoms with Crippen molar-refractivity contribution in [3.05, 3.63) is 0 Å². The standard InChI is InChI=1S/C25H49NO3/c1-4-6-8-10-11-12-13-14-16-17-19-23(25(28)29)21-22-26(3)24(27)20-18-15-9-7-5-2/h23H,4-22H2,1-3H3,(H,28,29). The molecular formula is C25H49NO3. The van der Waals surface area contributed by atoms with Crippen LogP contribution in [-0.4, -0.2) is 35.5 Å². The maximum Gasteiger partial charge on any atom is 0.306 e. The summed E-state index contributed by atoms with van der Waals surface area (Å²) in [5.74, 6) is -0.866. The fourth-order valence-electron chi connectivity index (χ4n) is 3.81. The number of carboxylic acid groups (broad SMARTS) is 1. The van der Waals surface area contributed by atoms with E-state index in [9.17, 15) is 14.7 Å². The molecule has 0 aromatic carbocycles. The Kier molecular flexibility index (Phi) is 19.5. The minimum absolute atomic E-state index is 0.157. The minimum Gasteiger partial charge on any atom is -0.481 e. The van der Waals surface area contributed by atoms with Crippen LogP contribution in [0.3, 0.4) is 0 Å². The van der Waals surface area contributed by atoms with Gasteiger partial charge in [0, 0.05) is 20.0 Å². The first-order valence-corrected chi connectivity index (χ1v) is 12.5. The quantitative estimate of drug-likeness (QED) is 0.203. The number of hydrogen-bond acceptors (Lipinski definition) is 2. The molecule has 0 rings (SSSR count). The second-order valence-corrected chi connectivity index (χ2v) is 8.77. The lowest BCUT2D eigenvalue weighted by molar-refractivity contribution is -0.143. The SMILES string of the molecule is CCCCCCCCCCCCC(CCN(C)C(=O)CCCCCCC)C(=O)O. The maximum absolute atomic E-state index is 12.2. The monoisotopic (exact) mass is 411 g/mol. The molecule has 172 valence electrons. The summed E-state index contributed by atoms with van der Waals surface area (Å²) in [6.45, 7) is 4.99. The molecule has 4 nitrogen and oxygen atoms in total. The van der Waals surface area contributed by atoms with Gasteiger partial charge >= 0.3 is 5.97 Å². The molecule has 1 unspecified atom stereocenters. The summed E-state index contributed by atoms with van der Waals surface area (Å²) in [7, 11) is 1.81. The second-order valence-electron chi connectivity index (χ2n) is 8.77. The van der Waals surface area contributed by atoms with E-state index in [1.165, 1.54) is 70.6 Å². The fourth-order valence-corrected chi connectivity index (χ4v) is 3.81. The van der Waals surface area contributed by atoms with Gasteiger partial charge in [-0.25, -0.2) is 0 Å². The second kappa shape index (κ2) is 20.2. The van der Waals surface area contributed by atoms with Crippen LogP contribution in [0.25, 0.3) is 0 Å². The molecule has 29 heavy (non-hydrogen) atoms. The Balaban J connectivity index is 3.80. The molecule has 0 spiro atoms. The predicted octanol–water partition coefficient (Wildman–Crippen LogP) is 7.21. The van der Waals surface area contributed by atoms with E-state index in [0.717, 1.165) is 32.1 Å². The van der Waals surface area contributed by atoms with E-state index < -0.39 is 5.97 Å². The highest BCUT2D eigenvalue weighted by Gasteiger charge is 2.18. The normalized spacial score (nSPS) is 12.1. The first-order valence-electron chi connectivity index (χ1n) is 12.5. The van der Waals surface area contributed by atoms with E-state index in [1.807, 2.05) is 7.05 Å². The van der Waals surface area contributed by atoms with Crippen LogP contribution in [0, 0.1) is 5.92 Å². The molecule has 0 aromatic heterocycles. The number of hydrogen-bond donors (Lipinski definition) is 1. The lowest BCUT2D eigenvalue weighted by Gasteiger charge is -2.20. The average molecular weight is 412 g/mol. The van der Waals surface area contributed by atoms with E-state index >= 15 is 0 Å². The van der Waals surface area contributed by atoms with Crippen molar-refractivity contribution in [3.8, 4) is 0 Å². The molecule has 1 atom stereocenters. The Morgan fingerprint density at radius 1 is 0.690 bits per heavy atom. The van der Waals surface area contributed by atoms with Crippen molar-refractivity contribution in [2.24, 2.45) is 5.92 Å². The van der Waals surface area contributed by atoms with Gasteiger partial charge in [-0.3, -0.25) is 9.59 Å². The number of carboxylic acids is 1. The van der Waals surface area contributed by atoms with Crippen LogP contribution in [-0.2, 0) is 9.59 Å². The van der Waals surface area contributed by atoms with Crippen molar-refractivity contribution in [2.45, 2.75) is 129 Å². The number of nitrogens with zero attached hydrogens (tertiary/aromatic N) is 1. The van der Waals surface area contributed by atoms with Gasteiger partial charge in [0.2, 0.25) is 5.91 Å². The number of aliphatic carboxylic acids is 1. The third-order valence-electron chi connectivity index (χ3n) is 5.99. The predicted molar refractivity (Wildman–Crippen MR) is 123 cm³/mol.